The molecule has 62 heavy (non-hydrogen) atoms. The first kappa shape index (κ1) is 58.3. The van der Waals surface area contributed by atoms with Gasteiger partial charge in [-0.15, -0.1) is 0 Å². The molecule has 4 heteroatoms. The summed E-state index contributed by atoms with van der Waals surface area (Å²) in [5, 5.41) is 23.0. The Kier molecular flexibility index (Phi) is 48.5. The van der Waals surface area contributed by atoms with Gasteiger partial charge in [-0.2, -0.15) is 0 Å². The Hall–Kier alpha value is -3.73. The van der Waals surface area contributed by atoms with Crippen molar-refractivity contribution in [2.45, 2.75) is 206 Å². The average molecular weight is 852 g/mol. The lowest BCUT2D eigenvalue weighted by molar-refractivity contribution is -0.123. The van der Waals surface area contributed by atoms with Crippen molar-refractivity contribution in [1.29, 1.82) is 0 Å². The van der Waals surface area contributed by atoms with Gasteiger partial charge in [0.1, 0.15) is 0 Å². The lowest BCUT2D eigenvalue weighted by atomic mass is 10.1. The van der Waals surface area contributed by atoms with Gasteiger partial charge >= 0.3 is 0 Å². The van der Waals surface area contributed by atoms with Crippen LogP contribution in [0.4, 0.5) is 0 Å². The molecule has 0 aliphatic heterocycles. The van der Waals surface area contributed by atoms with Crippen molar-refractivity contribution in [3.05, 3.63) is 146 Å². The number of carbonyl (C=O) groups excluding carboxylic acids is 1. The first-order valence-electron chi connectivity index (χ1n) is 25.0. The molecule has 0 aromatic rings. The Balaban J connectivity index is 3.71. The summed E-state index contributed by atoms with van der Waals surface area (Å²) in [4.78, 5) is 12.4. The number of allylic oxidation sites excluding steroid dienone is 23. The number of hydrogen-bond acceptors (Lipinski definition) is 3. The van der Waals surface area contributed by atoms with Crippen LogP contribution in [-0.4, -0.2) is 34.9 Å². The van der Waals surface area contributed by atoms with Gasteiger partial charge in [0.25, 0.3) is 0 Å². The molecule has 0 saturated carbocycles. The van der Waals surface area contributed by atoms with E-state index in [1.807, 2.05) is 6.08 Å². The van der Waals surface area contributed by atoms with E-state index >= 15 is 0 Å². The zero-order chi connectivity index (χ0) is 44.9. The Morgan fingerprint density at radius 3 is 1.13 bits per heavy atom. The second-order valence-corrected chi connectivity index (χ2v) is 16.1. The van der Waals surface area contributed by atoms with E-state index in [-0.39, 0.29) is 12.5 Å². The maximum absolute atomic E-state index is 12.4. The third-order valence-corrected chi connectivity index (χ3v) is 10.3. The number of aliphatic hydroxyl groups is 2. The van der Waals surface area contributed by atoms with Crippen LogP contribution in [0.1, 0.15) is 194 Å². The van der Waals surface area contributed by atoms with E-state index in [2.05, 4.69) is 153 Å². The summed E-state index contributed by atoms with van der Waals surface area (Å²) in [6.45, 7) is 4.14. The van der Waals surface area contributed by atoms with Crippen LogP contribution in [0.15, 0.2) is 146 Å². The third-order valence-electron chi connectivity index (χ3n) is 10.3. The Morgan fingerprint density at radius 1 is 0.403 bits per heavy atom. The maximum atomic E-state index is 12.4. The van der Waals surface area contributed by atoms with Crippen LogP contribution in [0.5, 0.6) is 0 Å². The number of unbranched alkanes of at least 4 members (excludes halogenated alkanes) is 14. The smallest absolute Gasteiger partial charge is 0.220 e. The second-order valence-electron chi connectivity index (χ2n) is 16.1. The molecule has 2 unspecified atom stereocenters. The van der Waals surface area contributed by atoms with Crippen LogP contribution in [0, 0.1) is 0 Å². The number of nitrogens with one attached hydrogen (secondary N) is 1. The molecule has 0 rings (SSSR count). The van der Waals surface area contributed by atoms with Gasteiger partial charge in [0.05, 0.1) is 18.8 Å². The molecular formula is C58H93NO3. The Labute approximate surface area is 383 Å². The van der Waals surface area contributed by atoms with Gasteiger partial charge in [0, 0.05) is 6.42 Å². The molecule has 1 amide bonds. The van der Waals surface area contributed by atoms with Crippen molar-refractivity contribution in [1.82, 2.24) is 5.32 Å². The van der Waals surface area contributed by atoms with Gasteiger partial charge in [-0.25, -0.2) is 0 Å². The van der Waals surface area contributed by atoms with E-state index in [1.54, 1.807) is 6.08 Å². The second kappa shape index (κ2) is 51.6. The summed E-state index contributed by atoms with van der Waals surface area (Å²) >= 11 is 0. The van der Waals surface area contributed by atoms with Gasteiger partial charge in [0.2, 0.25) is 5.91 Å². The summed E-state index contributed by atoms with van der Waals surface area (Å²) in [7, 11) is 0. The minimum Gasteiger partial charge on any atom is -0.394 e. The molecule has 3 N–H and O–H groups in total. The highest BCUT2D eigenvalue weighted by Crippen LogP contribution is 2.11. The monoisotopic (exact) mass is 852 g/mol. The molecule has 0 aliphatic carbocycles. The number of aliphatic hydroxyl groups excluding tert-OH is 2. The van der Waals surface area contributed by atoms with Gasteiger partial charge < -0.3 is 15.5 Å². The number of rotatable bonds is 43. The summed E-state index contributed by atoms with van der Waals surface area (Å²) in [6, 6.07) is -0.657. The van der Waals surface area contributed by atoms with Gasteiger partial charge in [-0.1, -0.05) is 224 Å². The van der Waals surface area contributed by atoms with Crippen molar-refractivity contribution < 1.29 is 15.0 Å². The number of amides is 1. The van der Waals surface area contributed by atoms with Crippen LogP contribution >= 0.6 is 0 Å². The lowest BCUT2D eigenvalue weighted by Crippen LogP contribution is -2.45. The molecule has 0 saturated heterocycles. The minimum atomic E-state index is -0.878. The zero-order valence-corrected chi connectivity index (χ0v) is 39.8. The fraction of sp³-hybridized carbons (Fsp3) is 0.569. The molecule has 0 radical (unpaired) electrons. The molecule has 2 atom stereocenters. The Morgan fingerprint density at radius 2 is 0.726 bits per heavy atom. The van der Waals surface area contributed by atoms with Gasteiger partial charge in [0.15, 0.2) is 0 Å². The molecular weight excluding hydrogens is 759 g/mol. The van der Waals surface area contributed by atoms with Crippen molar-refractivity contribution in [2.75, 3.05) is 6.61 Å². The molecule has 0 fully saturated rings. The zero-order valence-electron chi connectivity index (χ0n) is 39.8. The quantitative estimate of drug-likeness (QED) is 0.0423. The van der Waals surface area contributed by atoms with Gasteiger partial charge in [-0.3, -0.25) is 4.79 Å². The summed E-state index contributed by atoms with van der Waals surface area (Å²) < 4.78 is 0. The van der Waals surface area contributed by atoms with Crippen molar-refractivity contribution in [3.63, 3.8) is 0 Å². The predicted molar refractivity (Wildman–Crippen MR) is 275 cm³/mol. The number of carbonyl (C=O) groups is 1. The maximum Gasteiger partial charge on any atom is 0.220 e. The third kappa shape index (κ3) is 47.3. The molecule has 0 heterocycles. The largest absolute Gasteiger partial charge is 0.394 e. The van der Waals surface area contributed by atoms with Crippen molar-refractivity contribution in [3.8, 4) is 0 Å². The fourth-order valence-corrected chi connectivity index (χ4v) is 6.51. The van der Waals surface area contributed by atoms with E-state index < -0.39 is 12.1 Å². The molecule has 348 valence electrons. The average Bonchev–Trinajstić information content (AvgIpc) is 3.28. The molecule has 4 nitrogen and oxygen atoms in total. The van der Waals surface area contributed by atoms with E-state index in [4.69, 9.17) is 0 Å². The SMILES string of the molecule is CC/C=C\C/C=C\C/C=C\C/C=C\C/C=C\C/C=C\C/C=C\C/C=C\C/C=C\C/C=C\CCCCCCCCC(=O)NC(CO)C(O)/C=C/CC/C=C/CCCCCCCCC. The molecule has 0 aromatic carbocycles. The van der Waals surface area contributed by atoms with Crippen LogP contribution < -0.4 is 5.32 Å². The summed E-state index contributed by atoms with van der Waals surface area (Å²) in [5.41, 5.74) is 0. The fourth-order valence-electron chi connectivity index (χ4n) is 6.51. The highest BCUT2D eigenvalue weighted by molar-refractivity contribution is 5.76. The van der Waals surface area contributed by atoms with Crippen LogP contribution in [0.25, 0.3) is 0 Å². The molecule has 0 spiro atoms. The Bertz CT molecular complexity index is 1330. The van der Waals surface area contributed by atoms with Crippen LogP contribution in [-0.2, 0) is 4.79 Å². The predicted octanol–water partition coefficient (Wildman–Crippen LogP) is 16.5. The highest BCUT2D eigenvalue weighted by atomic mass is 16.3. The highest BCUT2D eigenvalue weighted by Gasteiger charge is 2.17. The van der Waals surface area contributed by atoms with Crippen LogP contribution in [0.2, 0.25) is 0 Å². The van der Waals surface area contributed by atoms with E-state index in [0.29, 0.717) is 6.42 Å². The van der Waals surface area contributed by atoms with E-state index in [9.17, 15) is 15.0 Å². The summed E-state index contributed by atoms with van der Waals surface area (Å²) in [5.74, 6) is -0.0967. The van der Waals surface area contributed by atoms with E-state index in [1.165, 1.54) is 64.2 Å². The molecule has 0 bridgehead atoms. The van der Waals surface area contributed by atoms with Gasteiger partial charge in [-0.05, 0) is 109 Å². The van der Waals surface area contributed by atoms with Crippen molar-refractivity contribution in [2.24, 2.45) is 0 Å². The first-order chi connectivity index (χ1) is 30.7. The van der Waals surface area contributed by atoms with Crippen LogP contribution in [0.3, 0.4) is 0 Å². The molecule has 0 aromatic heterocycles. The first-order valence-corrected chi connectivity index (χ1v) is 25.0. The van der Waals surface area contributed by atoms with Crippen molar-refractivity contribution >= 4 is 5.91 Å². The standard InChI is InChI=1S/C58H93NO3/c1-3-5-7-9-11-13-15-17-18-19-20-21-22-23-24-25-26-27-28-29-30-31-32-33-34-35-36-37-38-39-40-42-44-46-48-50-52-54-58(62)59-56(55-60)57(61)53-51-49-47-45-43-41-16-14-12-10-8-6-4-2/h5,7,11,13,17-18,20-21,23-24,26-27,29-30,32-33,35-36,38-39,43,45,51,53,56-57,60-61H,3-4,6,8-10,12,14-16,19,22,25,28,31,34,37,40-42,44,46-50,52,54-55H2,1-2H3,(H,59,62)/b7-5-,13-11-,18-17-,21-20-,24-23-,27-26-,30-29-,33-32-,36-35-,39-38-,45-43+,53-51+. The molecule has 0 aliphatic rings. The lowest BCUT2D eigenvalue weighted by Gasteiger charge is -2.19. The normalized spacial score (nSPS) is 14.2. The topological polar surface area (TPSA) is 69.6 Å². The number of hydrogen-bond donors (Lipinski definition) is 3. The minimum absolute atomic E-state index is 0.0967. The van der Waals surface area contributed by atoms with E-state index in [0.717, 1.165) is 109 Å². The summed E-state index contributed by atoms with van der Waals surface area (Å²) in [6.07, 6.45) is 82.6.